The summed E-state index contributed by atoms with van der Waals surface area (Å²) in [4.78, 5) is 41.7. The molecule has 46 heavy (non-hydrogen) atoms. The van der Waals surface area contributed by atoms with Crippen molar-refractivity contribution in [2.75, 3.05) is 18.4 Å². The quantitative estimate of drug-likeness (QED) is 0.281. The Hall–Kier alpha value is -3.44. The Morgan fingerprint density at radius 3 is 2.11 bits per heavy atom. The van der Waals surface area contributed by atoms with Crippen LogP contribution in [0.2, 0.25) is 0 Å². The van der Waals surface area contributed by atoms with E-state index >= 15 is 4.39 Å². The van der Waals surface area contributed by atoms with Gasteiger partial charge in [-0.25, -0.2) is 4.39 Å². The monoisotopic (exact) mass is 647 g/mol. The summed E-state index contributed by atoms with van der Waals surface area (Å²) in [6, 6.07) is 4.75. The molecule has 3 amide bonds. The number of carbonyl (C=O) groups is 3. The van der Waals surface area contributed by atoms with Gasteiger partial charge in [0.25, 0.3) is 5.91 Å². The van der Waals surface area contributed by atoms with Crippen LogP contribution in [0.15, 0.2) is 30.5 Å². The summed E-state index contributed by atoms with van der Waals surface area (Å²) < 4.78 is 55.8. The van der Waals surface area contributed by atoms with Crippen molar-refractivity contribution in [3.63, 3.8) is 0 Å². The third kappa shape index (κ3) is 7.57. The van der Waals surface area contributed by atoms with Gasteiger partial charge in [0, 0.05) is 25.8 Å². The number of likely N-dealkylation sites (tertiary alicyclic amines) is 1. The molecule has 0 bridgehead atoms. The molecule has 2 heterocycles. The van der Waals surface area contributed by atoms with Crippen molar-refractivity contribution in [2.24, 2.45) is 23.7 Å². The number of anilines is 1. The molecule has 0 radical (unpaired) electrons. The van der Waals surface area contributed by atoms with Crippen molar-refractivity contribution in [1.82, 2.24) is 20.0 Å². The average Bonchev–Trinajstić information content (AvgIpc) is 3.50. The fraction of sp³-hybridized carbons (Fsp3) is 0.647. The molecule has 1 saturated heterocycles. The van der Waals surface area contributed by atoms with Gasteiger partial charge in [-0.05, 0) is 55.4 Å². The molecule has 1 aromatic heterocycles. The number of rotatable bonds is 10. The summed E-state index contributed by atoms with van der Waals surface area (Å²) in [5.41, 5.74) is 0.568. The first kappa shape index (κ1) is 33.9. The summed E-state index contributed by atoms with van der Waals surface area (Å²) in [5.74, 6) is -4.17. The summed E-state index contributed by atoms with van der Waals surface area (Å²) in [6.07, 6.45) is 7.66. The predicted octanol–water partition coefficient (Wildman–Crippen LogP) is 6.68. The van der Waals surface area contributed by atoms with Gasteiger partial charge in [-0.2, -0.15) is 18.3 Å². The Labute approximate surface area is 267 Å². The number of benzene rings is 1. The van der Waals surface area contributed by atoms with E-state index in [1.807, 2.05) is 6.92 Å². The number of nitrogens with one attached hydrogen (secondary N) is 2. The zero-order chi connectivity index (χ0) is 33.0. The van der Waals surface area contributed by atoms with Crippen LogP contribution in [0.25, 0.3) is 0 Å². The van der Waals surface area contributed by atoms with Crippen LogP contribution in [-0.2, 0) is 16.1 Å². The zero-order valence-corrected chi connectivity index (χ0v) is 26.6. The van der Waals surface area contributed by atoms with Crippen LogP contribution in [-0.4, -0.2) is 57.7 Å². The van der Waals surface area contributed by atoms with Gasteiger partial charge in [-0.1, -0.05) is 70.3 Å². The lowest BCUT2D eigenvalue weighted by molar-refractivity contribution is -0.210. The smallest absolute Gasteiger partial charge is 0.341 e. The number of nitrogens with zero attached hydrogens (tertiary/aromatic N) is 3. The molecule has 5 rings (SSSR count). The average molecular weight is 648 g/mol. The van der Waals surface area contributed by atoms with Crippen LogP contribution in [0.1, 0.15) is 100 Å². The number of alkyl halides is 3. The largest absolute Gasteiger partial charge is 0.395 e. The Balaban J connectivity index is 1.36. The molecular formula is C34H45F4N5O3. The topological polar surface area (TPSA) is 96.3 Å². The minimum atomic E-state index is -4.35. The SMILES string of the molecule is CCn1nccc1C(=O)NC(C(=O)Nc1ccc(C(C)C(=O)N2CC(C(F)(F)F)C2)cc1F)C(C1CCCCC1)C1CCCCC1. The van der Waals surface area contributed by atoms with E-state index in [2.05, 4.69) is 15.7 Å². The van der Waals surface area contributed by atoms with Crippen LogP contribution in [0.4, 0.5) is 23.2 Å². The number of halogens is 4. The molecule has 252 valence electrons. The molecule has 2 N–H and O–H groups in total. The molecule has 2 aromatic rings. The fourth-order valence-corrected chi connectivity index (χ4v) is 7.69. The maximum absolute atomic E-state index is 15.5. The summed E-state index contributed by atoms with van der Waals surface area (Å²) in [6.45, 7) is 3.09. The highest BCUT2D eigenvalue weighted by Gasteiger charge is 2.49. The third-order valence-corrected chi connectivity index (χ3v) is 10.4. The Morgan fingerprint density at radius 2 is 1.57 bits per heavy atom. The third-order valence-electron chi connectivity index (χ3n) is 10.4. The van der Waals surface area contributed by atoms with Crippen LogP contribution >= 0.6 is 0 Å². The molecule has 3 aliphatic rings. The van der Waals surface area contributed by atoms with Crippen molar-refractivity contribution in [2.45, 2.75) is 103 Å². The van der Waals surface area contributed by atoms with E-state index in [0.29, 0.717) is 17.8 Å². The van der Waals surface area contributed by atoms with Gasteiger partial charge in [0.15, 0.2) is 0 Å². The van der Waals surface area contributed by atoms with Gasteiger partial charge in [-0.15, -0.1) is 0 Å². The van der Waals surface area contributed by atoms with Gasteiger partial charge >= 0.3 is 6.18 Å². The minimum absolute atomic E-state index is 0.0848. The van der Waals surface area contributed by atoms with Crippen molar-refractivity contribution in [1.29, 1.82) is 0 Å². The highest BCUT2D eigenvalue weighted by atomic mass is 19.4. The Bertz CT molecular complexity index is 1360. The molecular weight excluding hydrogens is 602 g/mol. The summed E-state index contributed by atoms with van der Waals surface area (Å²) in [5, 5.41) is 10.00. The number of aromatic nitrogens is 2. The van der Waals surface area contributed by atoms with E-state index in [9.17, 15) is 27.6 Å². The van der Waals surface area contributed by atoms with Crippen LogP contribution in [0, 0.1) is 29.5 Å². The summed E-state index contributed by atoms with van der Waals surface area (Å²) >= 11 is 0. The molecule has 2 unspecified atom stereocenters. The number of hydrogen-bond acceptors (Lipinski definition) is 4. The van der Waals surface area contributed by atoms with Crippen molar-refractivity contribution >= 4 is 23.4 Å². The molecule has 12 heteroatoms. The van der Waals surface area contributed by atoms with Gasteiger partial charge in [-0.3, -0.25) is 19.1 Å². The number of amides is 3. The fourth-order valence-electron chi connectivity index (χ4n) is 7.69. The second-order valence-electron chi connectivity index (χ2n) is 13.3. The minimum Gasteiger partial charge on any atom is -0.341 e. The zero-order valence-electron chi connectivity index (χ0n) is 26.6. The second-order valence-corrected chi connectivity index (χ2v) is 13.3. The van der Waals surface area contributed by atoms with Gasteiger partial charge in [0.05, 0.1) is 17.5 Å². The highest BCUT2D eigenvalue weighted by molar-refractivity contribution is 6.01. The van der Waals surface area contributed by atoms with Crippen LogP contribution < -0.4 is 10.6 Å². The molecule has 2 saturated carbocycles. The highest BCUT2D eigenvalue weighted by Crippen LogP contribution is 2.42. The van der Waals surface area contributed by atoms with Gasteiger partial charge in [0.1, 0.15) is 17.6 Å². The number of hydrogen-bond donors (Lipinski definition) is 2. The van der Waals surface area contributed by atoms with E-state index in [0.717, 1.165) is 75.2 Å². The standard InChI is InChI=1S/C34H45F4N5O3/c1-3-43-28(16-17-39-43)31(44)41-30(29(22-10-6-4-7-11-22)23-12-8-5-9-13-23)32(45)40-27-15-14-24(18-26(27)35)21(2)33(46)42-19-25(20-42)34(36,37)38/h14-18,21-23,25,29-30H,3-13,19-20H2,1-2H3,(H,40,45)(H,41,44). The first-order valence-corrected chi connectivity index (χ1v) is 16.8. The number of aryl methyl sites for hydroxylation is 1. The maximum Gasteiger partial charge on any atom is 0.395 e. The Kier molecular flexibility index (Phi) is 10.7. The van der Waals surface area contributed by atoms with Crippen molar-refractivity contribution < 1.29 is 31.9 Å². The lowest BCUT2D eigenvalue weighted by atomic mass is 9.66. The number of carbonyl (C=O) groups excluding carboxylic acids is 3. The van der Waals surface area contributed by atoms with E-state index in [-0.39, 0.29) is 23.4 Å². The van der Waals surface area contributed by atoms with Crippen molar-refractivity contribution in [3.05, 3.63) is 47.5 Å². The van der Waals surface area contributed by atoms with E-state index in [1.165, 1.54) is 19.1 Å². The predicted molar refractivity (Wildman–Crippen MR) is 165 cm³/mol. The van der Waals surface area contributed by atoms with Crippen LogP contribution in [0.5, 0.6) is 0 Å². The molecule has 1 aliphatic heterocycles. The molecule has 1 aromatic carbocycles. The molecule has 0 spiro atoms. The van der Waals surface area contributed by atoms with E-state index in [1.54, 1.807) is 16.9 Å². The molecule has 3 fully saturated rings. The maximum atomic E-state index is 15.5. The van der Waals surface area contributed by atoms with E-state index < -0.39 is 60.7 Å². The first-order valence-electron chi connectivity index (χ1n) is 16.8. The van der Waals surface area contributed by atoms with Gasteiger partial charge < -0.3 is 15.5 Å². The van der Waals surface area contributed by atoms with E-state index in [4.69, 9.17) is 0 Å². The summed E-state index contributed by atoms with van der Waals surface area (Å²) in [7, 11) is 0. The lowest BCUT2D eigenvalue weighted by Gasteiger charge is -2.42. The normalized spacial score (nSPS) is 19.8. The first-order chi connectivity index (χ1) is 22.0. The molecule has 2 aliphatic carbocycles. The Morgan fingerprint density at radius 1 is 0.957 bits per heavy atom. The van der Waals surface area contributed by atoms with Crippen molar-refractivity contribution in [3.8, 4) is 0 Å². The lowest BCUT2D eigenvalue weighted by Crippen LogP contribution is -2.56. The van der Waals surface area contributed by atoms with Gasteiger partial charge in [0.2, 0.25) is 11.8 Å². The molecule has 2 atom stereocenters. The second kappa shape index (κ2) is 14.5. The molecule has 8 nitrogen and oxygen atoms in total. The van der Waals surface area contributed by atoms with Crippen LogP contribution in [0.3, 0.4) is 0 Å².